The molecule has 4 rings (SSSR count). The molecule has 0 radical (unpaired) electrons. The van der Waals surface area contributed by atoms with E-state index in [-0.39, 0.29) is 42.7 Å². The molecular weight excluding hydrogens is 702 g/mol. The van der Waals surface area contributed by atoms with Crippen LogP contribution in [0.25, 0.3) is 0 Å². The van der Waals surface area contributed by atoms with E-state index in [9.17, 15) is 48.3 Å². The van der Waals surface area contributed by atoms with Crippen molar-refractivity contribution in [3.05, 3.63) is 22.7 Å². The van der Waals surface area contributed by atoms with Gasteiger partial charge in [0, 0.05) is 36.6 Å². The van der Waals surface area contributed by atoms with E-state index in [1.54, 1.807) is 0 Å². The number of ether oxygens (including phenoxy) is 1. The second-order valence-electron chi connectivity index (χ2n) is 11.4. The fourth-order valence-corrected chi connectivity index (χ4v) is 8.89. The second kappa shape index (κ2) is 16.9. The maximum atomic E-state index is 12.1. The molecule has 1 aromatic rings. The number of nitrogen functional groups attached to an aromatic ring is 1. The van der Waals surface area contributed by atoms with Gasteiger partial charge in [-0.2, -0.15) is 16.7 Å². The first kappa shape index (κ1) is 38.2. The van der Waals surface area contributed by atoms with Crippen LogP contribution in [0.5, 0.6) is 0 Å². The van der Waals surface area contributed by atoms with Gasteiger partial charge in [0.15, 0.2) is 6.23 Å². The highest BCUT2D eigenvalue weighted by Crippen LogP contribution is 2.56. The third kappa shape index (κ3) is 11.0. The number of phosphoric acid groups is 2. The zero-order valence-corrected chi connectivity index (χ0v) is 28.1. The number of unbranched alkanes of at least 4 members (excludes halogenated alkanes) is 3. The number of nitrogens with zero attached hydrogens (tertiary/aromatic N) is 2. The molecule has 6 unspecified atom stereocenters. The number of anilines is 1. The minimum Gasteiger partial charge on any atom is -0.756 e. The van der Waals surface area contributed by atoms with E-state index in [4.69, 9.17) is 10.5 Å². The van der Waals surface area contributed by atoms with Gasteiger partial charge in [-0.15, -0.1) is 0 Å². The fraction of sp³-hybridized carbons (Fsp3) is 0.720. The molecule has 23 heteroatoms. The number of aliphatic hydroxyl groups is 2. The third-order valence-electron chi connectivity index (χ3n) is 7.73. The maximum Gasteiger partial charge on any atom is 0.351 e. The van der Waals surface area contributed by atoms with Crippen LogP contribution in [-0.4, -0.2) is 92.2 Å². The standard InChI is InChI=1S/C25H40N6O14P2S/c26-17-9-11-31(25(37)29-17)23-22(35)21(34)15(43-23)12-42-46(38,39)45-47(40,41)44-19(33)8-2-1-5-10-27-18(32)7-4-3-6-16-20-14(13-48-16)28-24(36)30-20/h9,11,14-16,20-23,34-35H,1-8,10,12-13H2,(H,27,32)(H,38,39)(H,40,41)(H2,26,29,37)(H2,28,30,36)/p-2/t14?,15-,16?,20?,21+,22?,23-/m1/s1. The lowest BCUT2D eigenvalue weighted by atomic mass is 10.0. The third-order valence-corrected chi connectivity index (χ3v) is 11.7. The van der Waals surface area contributed by atoms with E-state index in [1.165, 1.54) is 6.07 Å². The Labute approximate surface area is 278 Å². The molecule has 0 spiro atoms. The number of aromatic nitrogens is 2. The van der Waals surface area contributed by atoms with Crippen molar-refractivity contribution in [2.75, 3.05) is 24.6 Å². The molecule has 9 atom stereocenters. The van der Waals surface area contributed by atoms with E-state index in [0.717, 1.165) is 29.4 Å². The smallest absolute Gasteiger partial charge is 0.351 e. The van der Waals surface area contributed by atoms with Crippen LogP contribution in [0.1, 0.15) is 57.6 Å². The number of fused-ring (bicyclic) bond motifs is 1. The molecule has 270 valence electrons. The van der Waals surface area contributed by atoms with Crippen LogP contribution in [0.4, 0.5) is 10.6 Å². The fourth-order valence-electron chi connectivity index (χ4n) is 5.38. The first-order chi connectivity index (χ1) is 22.6. The first-order valence-corrected chi connectivity index (χ1v) is 19.1. The first-order valence-electron chi connectivity index (χ1n) is 15.2. The highest BCUT2D eigenvalue weighted by molar-refractivity contribution is 8.00. The molecule has 3 aliphatic rings. The molecule has 20 nitrogen and oxygen atoms in total. The van der Waals surface area contributed by atoms with Gasteiger partial charge in [0.1, 0.15) is 24.1 Å². The highest BCUT2D eigenvalue weighted by atomic mass is 32.2. The number of amides is 3. The summed E-state index contributed by atoms with van der Waals surface area (Å²) >= 11 is 1.82. The molecule has 3 fully saturated rings. The van der Waals surface area contributed by atoms with E-state index >= 15 is 0 Å². The van der Waals surface area contributed by atoms with Gasteiger partial charge >= 0.3 is 25.5 Å². The second-order valence-corrected chi connectivity index (χ2v) is 15.5. The molecule has 1 aromatic heterocycles. The number of carbonyl (C=O) groups excluding carboxylic acids is 3. The number of hydrogen-bond donors (Lipinski definition) is 6. The molecule has 3 amide bonds. The van der Waals surface area contributed by atoms with Crippen molar-refractivity contribution >= 4 is 51.1 Å². The van der Waals surface area contributed by atoms with Crippen LogP contribution in [-0.2, 0) is 36.8 Å². The number of thioether (sulfide) groups is 1. The van der Waals surface area contributed by atoms with Crippen molar-refractivity contribution in [1.29, 1.82) is 0 Å². The molecule has 0 bridgehead atoms. The van der Waals surface area contributed by atoms with Gasteiger partial charge in [0.25, 0.3) is 7.82 Å². The van der Waals surface area contributed by atoms with Crippen LogP contribution in [0.3, 0.4) is 0 Å². The summed E-state index contributed by atoms with van der Waals surface area (Å²) in [5.41, 5.74) is 4.48. The van der Waals surface area contributed by atoms with Crippen molar-refractivity contribution < 1.29 is 61.6 Å². The highest BCUT2D eigenvalue weighted by Gasteiger charge is 2.45. The van der Waals surface area contributed by atoms with Crippen molar-refractivity contribution in [2.45, 2.75) is 93.2 Å². The van der Waals surface area contributed by atoms with E-state index in [1.807, 2.05) is 11.8 Å². The minimum atomic E-state index is -5.73. The van der Waals surface area contributed by atoms with Crippen molar-refractivity contribution in [1.82, 2.24) is 25.5 Å². The van der Waals surface area contributed by atoms with Gasteiger partial charge in [-0.1, -0.05) is 12.8 Å². The number of aliphatic hydroxyl groups excluding tert-OH is 2. The predicted molar refractivity (Wildman–Crippen MR) is 163 cm³/mol. The zero-order chi connectivity index (χ0) is 35.1. The van der Waals surface area contributed by atoms with Gasteiger partial charge in [-0.3, -0.25) is 23.3 Å². The Morgan fingerprint density at radius 3 is 2.60 bits per heavy atom. The lowest BCUT2D eigenvalue weighted by Gasteiger charge is -2.30. The molecular formula is C25H38N6O14P2S-2. The number of nitrogens with two attached hydrogens (primary N) is 1. The van der Waals surface area contributed by atoms with Crippen molar-refractivity contribution in [2.24, 2.45) is 0 Å². The maximum absolute atomic E-state index is 12.1. The lowest BCUT2D eigenvalue weighted by Crippen LogP contribution is -2.36. The number of nitrogens with one attached hydrogen (secondary N) is 3. The molecule has 3 aliphatic heterocycles. The SMILES string of the molecule is Nc1ccn([C@@H]2O[C@H](COP(=O)([O-])OP(=O)([O-])OC(=O)CCCCCNC(=O)CCCCC3SCC4NC(=O)NC43)[C@H](O)C2O)c(=O)n1. The summed E-state index contributed by atoms with van der Waals surface area (Å²) < 4.78 is 42.7. The molecule has 0 aliphatic carbocycles. The Morgan fingerprint density at radius 1 is 1.10 bits per heavy atom. The van der Waals surface area contributed by atoms with E-state index in [0.29, 0.717) is 37.5 Å². The van der Waals surface area contributed by atoms with Gasteiger partial charge < -0.3 is 55.5 Å². The van der Waals surface area contributed by atoms with Gasteiger partial charge in [0.05, 0.1) is 18.7 Å². The summed E-state index contributed by atoms with van der Waals surface area (Å²) in [5.74, 6) is -0.633. The Bertz CT molecular complexity index is 1470. The van der Waals surface area contributed by atoms with Crippen LogP contribution < -0.4 is 37.2 Å². The van der Waals surface area contributed by atoms with Crippen LogP contribution >= 0.6 is 27.4 Å². The van der Waals surface area contributed by atoms with E-state index in [2.05, 4.69) is 34.3 Å². The quantitative estimate of drug-likeness (QED) is 0.0558. The Morgan fingerprint density at radius 2 is 1.85 bits per heavy atom. The largest absolute Gasteiger partial charge is 0.756 e. The summed E-state index contributed by atoms with van der Waals surface area (Å²) in [6.45, 7) is -0.686. The number of urea groups is 1. The topological polar surface area (TPSA) is 306 Å². The molecule has 3 saturated heterocycles. The number of rotatable bonds is 18. The normalized spacial score (nSPS) is 28.9. The Kier molecular flexibility index (Phi) is 13.4. The summed E-state index contributed by atoms with van der Waals surface area (Å²) in [4.78, 5) is 75.0. The van der Waals surface area contributed by atoms with Gasteiger partial charge in [-0.25, -0.2) is 13.9 Å². The minimum absolute atomic E-state index is 0.115. The zero-order valence-electron chi connectivity index (χ0n) is 25.5. The average molecular weight is 741 g/mol. The molecule has 0 saturated carbocycles. The lowest BCUT2D eigenvalue weighted by molar-refractivity contribution is -0.244. The summed E-state index contributed by atoms with van der Waals surface area (Å²) in [5, 5.41) is 29.3. The molecule has 7 N–H and O–H groups in total. The molecule has 0 aromatic carbocycles. The van der Waals surface area contributed by atoms with Crippen molar-refractivity contribution in [3.63, 3.8) is 0 Å². The predicted octanol–water partition coefficient (Wildman–Crippen LogP) is -1.64. The average Bonchev–Trinajstić information content (AvgIpc) is 3.63. The Balaban J connectivity index is 1.05. The van der Waals surface area contributed by atoms with Crippen LogP contribution in [0.15, 0.2) is 17.1 Å². The van der Waals surface area contributed by atoms with E-state index < -0.39 is 58.5 Å². The van der Waals surface area contributed by atoms with Crippen molar-refractivity contribution in [3.8, 4) is 0 Å². The molecule has 4 heterocycles. The summed E-state index contributed by atoms with van der Waals surface area (Å²) in [6.07, 6.45) is -1.87. The molecule has 48 heavy (non-hydrogen) atoms. The summed E-state index contributed by atoms with van der Waals surface area (Å²) in [7, 11) is -11.4. The van der Waals surface area contributed by atoms with Crippen LogP contribution in [0.2, 0.25) is 0 Å². The van der Waals surface area contributed by atoms with Gasteiger partial charge in [-0.05, 0) is 31.7 Å². The van der Waals surface area contributed by atoms with Gasteiger partial charge in [0.2, 0.25) is 5.91 Å². The van der Waals surface area contributed by atoms with Crippen LogP contribution in [0, 0.1) is 0 Å². The number of phosphoric ester groups is 2. The number of hydrogen-bond acceptors (Lipinski definition) is 17. The number of carbonyl (C=O) groups is 3. The summed E-state index contributed by atoms with van der Waals surface area (Å²) in [6, 6.07) is 1.37. The monoisotopic (exact) mass is 740 g/mol. The Hall–Kier alpha value is -2.58.